The lowest BCUT2D eigenvalue weighted by Gasteiger charge is -2.32. The average Bonchev–Trinajstić information content (AvgIpc) is 3.63. The molecule has 0 radical (unpaired) electrons. The summed E-state index contributed by atoms with van der Waals surface area (Å²) in [4.78, 5) is 24.8. The van der Waals surface area contributed by atoms with E-state index in [4.69, 9.17) is 21.3 Å². The highest BCUT2D eigenvalue weighted by Gasteiger charge is 2.44. The number of benzene rings is 1. The third kappa shape index (κ3) is 5.64. The van der Waals surface area contributed by atoms with Crippen molar-refractivity contribution in [3.05, 3.63) is 40.5 Å². The van der Waals surface area contributed by atoms with Crippen molar-refractivity contribution >= 4 is 29.3 Å². The van der Waals surface area contributed by atoms with Gasteiger partial charge in [-0.3, -0.25) is 4.79 Å². The second-order valence-corrected chi connectivity index (χ2v) is 10.6. The van der Waals surface area contributed by atoms with Crippen molar-refractivity contribution in [2.75, 3.05) is 30.4 Å². The molecule has 1 amide bonds. The SMILES string of the molecule is COc1ccc(CNc2nc(N3CCC4(CC3)CC4)ncc2C(=O)N[C@H]2CC[C@H](O)CC2)cc1Cl. The van der Waals surface area contributed by atoms with Crippen molar-refractivity contribution < 1.29 is 14.6 Å². The van der Waals surface area contributed by atoms with Gasteiger partial charge < -0.3 is 25.4 Å². The Kier molecular flexibility index (Phi) is 7.02. The van der Waals surface area contributed by atoms with Crippen LogP contribution in [0.2, 0.25) is 5.02 Å². The van der Waals surface area contributed by atoms with Gasteiger partial charge in [0.1, 0.15) is 17.1 Å². The van der Waals surface area contributed by atoms with E-state index >= 15 is 0 Å². The third-order valence-corrected chi connectivity index (χ3v) is 8.09. The number of ether oxygens (including phenoxy) is 1. The van der Waals surface area contributed by atoms with Crippen molar-refractivity contribution in [1.82, 2.24) is 15.3 Å². The molecule has 9 heteroatoms. The quantitative estimate of drug-likeness (QED) is 0.526. The molecule has 2 aliphatic carbocycles. The standard InChI is InChI=1S/C26H34ClN5O3/c1-35-22-7-2-17(14-21(22)27)15-28-23-20(24(34)30-18-3-5-19(33)6-4-18)16-29-25(31-23)32-12-10-26(8-9-26)11-13-32/h2,7,14,16,18-19,33H,3-6,8-13,15H2,1H3,(H,30,34)(H,28,29,31)/t18-,19-. The summed E-state index contributed by atoms with van der Waals surface area (Å²) < 4.78 is 5.25. The van der Waals surface area contributed by atoms with Crippen molar-refractivity contribution in [3.8, 4) is 5.75 Å². The number of piperidine rings is 1. The molecule has 0 unspecified atom stereocenters. The zero-order valence-electron chi connectivity index (χ0n) is 20.2. The molecule has 3 fully saturated rings. The van der Waals surface area contributed by atoms with Crippen molar-refractivity contribution in [2.45, 2.75) is 70.1 Å². The Morgan fingerprint density at radius 2 is 1.94 bits per heavy atom. The fourth-order valence-electron chi connectivity index (χ4n) is 5.17. The Morgan fingerprint density at radius 1 is 1.20 bits per heavy atom. The second-order valence-electron chi connectivity index (χ2n) is 10.2. The normalized spacial score (nSPS) is 23.1. The van der Waals surface area contributed by atoms with Gasteiger partial charge in [0.2, 0.25) is 5.95 Å². The Morgan fingerprint density at radius 3 is 2.60 bits per heavy atom. The van der Waals surface area contributed by atoms with E-state index < -0.39 is 0 Å². The van der Waals surface area contributed by atoms with E-state index in [1.165, 1.54) is 25.7 Å². The van der Waals surface area contributed by atoms with E-state index in [0.717, 1.165) is 31.5 Å². The van der Waals surface area contributed by atoms with E-state index in [1.54, 1.807) is 13.3 Å². The number of aliphatic hydroxyl groups is 1. The number of methoxy groups -OCH3 is 1. The molecule has 1 aromatic carbocycles. The topological polar surface area (TPSA) is 99.6 Å². The molecular weight excluding hydrogens is 466 g/mol. The Bertz CT molecular complexity index is 1060. The van der Waals surface area contributed by atoms with Gasteiger partial charge in [-0.2, -0.15) is 4.98 Å². The van der Waals surface area contributed by atoms with Crippen LogP contribution in [0.5, 0.6) is 5.75 Å². The molecule has 188 valence electrons. The Labute approximate surface area is 211 Å². The van der Waals surface area contributed by atoms with Crippen LogP contribution < -0.4 is 20.3 Å². The van der Waals surface area contributed by atoms with Gasteiger partial charge in [-0.15, -0.1) is 0 Å². The smallest absolute Gasteiger partial charge is 0.256 e. The highest BCUT2D eigenvalue weighted by atomic mass is 35.5. The molecule has 1 aromatic heterocycles. The molecular formula is C26H34ClN5O3. The highest BCUT2D eigenvalue weighted by molar-refractivity contribution is 6.32. The molecule has 3 N–H and O–H groups in total. The maximum absolute atomic E-state index is 13.2. The summed E-state index contributed by atoms with van der Waals surface area (Å²) in [6, 6.07) is 5.67. The van der Waals surface area contributed by atoms with E-state index in [1.807, 2.05) is 18.2 Å². The predicted octanol–water partition coefficient (Wildman–Crippen LogP) is 4.16. The summed E-state index contributed by atoms with van der Waals surface area (Å²) in [5, 5.41) is 16.8. The summed E-state index contributed by atoms with van der Waals surface area (Å²) >= 11 is 6.30. The number of nitrogens with one attached hydrogen (secondary N) is 2. The summed E-state index contributed by atoms with van der Waals surface area (Å²) in [5.74, 6) is 1.61. The van der Waals surface area contributed by atoms with E-state index in [-0.39, 0.29) is 18.1 Å². The molecule has 1 aliphatic heterocycles. The van der Waals surface area contributed by atoms with Gasteiger partial charge in [-0.1, -0.05) is 17.7 Å². The van der Waals surface area contributed by atoms with Crippen LogP contribution >= 0.6 is 11.6 Å². The van der Waals surface area contributed by atoms with Gasteiger partial charge in [0, 0.05) is 31.9 Å². The molecule has 3 aliphatic rings. The van der Waals surface area contributed by atoms with Crippen LogP contribution in [-0.4, -0.2) is 53.3 Å². The van der Waals surface area contributed by atoms with Crippen LogP contribution in [0.4, 0.5) is 11.8 Å². The number of nitrogens with zero attached hydrogens (tertiary/aromatic N) is 3. The fourth-order valence-corrected chi connectivity index (χ4v) is 5.45. The third-order valence-electron chi connectivity index (χ3n) is 7.79. The van der Waals surface area contributed by atoms with Crippen molar-refractivity contribution in [3.63, 3.8) is 0 Å². The number of hydrogen-bond acceptors (Lipinski definition) is 7. The summed E-state index contributed by atoms with van der Waals surface area (Å²) in [6.45, 7) is 2.35. The molecule has 5 rings (SSSR count). The number of aliphatic hydroxyl groups excluding tert-OH is 1. The lowest BCUT2D eigenvalue weighted by atomic mass is 9.93. The van der Waals surface area contributed by atoms with Crippen LogP contribution in [0.25, 0.3) is 0 Å². The maximum Gasteiger partial charge on any atom is 0.256 e. The number of anilines is 2. The molecule has 35 heavy (non-hydrogen) atoms. The minimum atomic E-state index is -0.265. The Hall–Kier alpha value is -2.58. The second kappa shape index (κ2) is 10.2. The molecule has 2 heterocycles. The van der Waals surface area contributed by atoms with E-state index in [0.29, 0.717) is 52.9 Å². The predicted molar refractivity (Wildman–Crippen MR) is 136 cm³/mol. The number of halogens is 1. The number of carbonyl (C=O) groups is 1. The van der Waals surface area contributed by atoms with Crippen LogP contribution in [0.3, 0.4) is 0 Å². The van der Waals surface area contributed by atoms with Gasteiger partial charge in [0.15, 0.2) is 0 Å². The summed E-state index contributed by atoms with van der Waals surface area (Å²) in [7, 11) is 1.59. The number of hydrogen-bond donors (Lipinski definition) is 3. The molecule has 1 spiro atoms. The Balaban J connectivity index is 1.33. The van der Waals surface area contributed by atoms with Gasteiger partial charge in [0.05, 0.1) is 18.2 Å². The van der Waals surface area contributed by atoms with Crippen LogP contribution in [0.15, 0.2) is 24.4 Å². The lowest BCUT2D eigenvalue weighted by Crippen LogP contribution is -2.39. The molecule has 2 saturated carbocycles. The average molecular weight is 500 g/mol. The molecule has 0 bridgehead atoms. The first-order valence-electron chi connectivity index (χ1n) is 12.6. The first-order valence-corrected chi connectivity index (χ1v) is 13.0. The number of rotatable bonds is 7. The minimum Gasteiger partial charge on any atom is -0.495 e. The van der Waals surface area contributed by atoms with E-state index in [9.17, 15) is 9.90 Å². The van der Waals surface area contributed by atoms with Gasteiger partial charge in [0.25, 0.3) is 5.91 Å². The van der Waals surface area contributed by atoms with Crippen molar-refractivity contribution in [1.29, 1.82) is 0 Å². The summed E-state index contributed by atoms with van der Waals surface area (Å²) in [6.07, 6.45) is 9.38. The first kappa shape index (κ1) is 24.1. The zero-order chi connectivity index (χ0) is 24.4. The number of amides is 1. The van der Waals surface area contributed by atoms with Gasteiger partial charge >= 0.3 is 0 Å². The molecule has 8 nitrogen and oxygen atoms in total. The maximum atomic E-state index is 13.2. The zero-order valence-corrected chi connectivity index (χ0v) is 21.0. The van der Waals surface area contributed by atoms with Crippen LogP contribution in [-0.2, 0) is 6.54 Å². The molecule has 2 aromatic rings. The summed E-state index contributed by atoms with van der Waals surface area (Å²) in [5.41, 5.74) is 1.95. The number of aromatic nitrogens is 2. The first-order chi connectivity index (χ1) is 16.9. The number of carbonyl (C=O) groups excluding carboxylic acids is 1. The van der Waals surface area contributed by atoms with Crippen molar-refractivity contribution in [2.24, 2.45) is 5.41 Å². The molecule has 0 atom stereocenters. The monoisotopic (exact) mass is 499 g/mol. The highest BCUT2D eigenvalue weighted by Crippen LogP contribution is 2.53. The van der Waals surface area contributed by atoms with Gasteiger partial charge in [-0.25, -0.2) is 4.98 Å². The van der Waals surface area contributed by atoms with Crippen LogP contribution in [0.1, 0.15) is 67.3 Å². The van der Waals surface area contributed by atoms with Crippen LogP contribution in [0, 0.1) is 5.41 Å². The fraction of sp³-hybridized carbons (Fsp3) is 0.577. The minimum absolute atomic E-state index is 0.0515. The largest absolute Gasteiger partial charge is 0.495 e. The lowest BCUT2D eigenvalue weighted by molar-refractivity contribution is 0.0867. The van der Waals surface area contributed by atoms with E-state index in [2.05, 4.69) is 20.5 Å². The molecule has 1 saturated heterocycles. The van der Waals surface area contributed by atoms with Gasteiger partial charge in [-0.05, 0) is 74.5 Å².